The van der Waals surface area contributed by atoms with Gasteiger partial charge in [-0.15, -0.1) is 0 Å². The molecule has 0 radical (unpaired) electrons. The first kappa shape index (κ1) is 62.9. The number of aliphatic carboxylic acids is 2. The summed E-state index contributed by atoms with van der Waals surface area (Å²) in [5, 5.41) is 36.9. The van der Waals surface area contributed by atoms with E-state index in [1.54, 1.807) is 48.5 Å². The zero-order chi connectivity index (χ0) is 53.1. The standard InChI is InChI=1S/C44H81N13O12/c1-9-23(6)32(46)39(64)52-28(16-14-20-50-44(48)49)38(63)57-35(25(8)11-3)42(67)54-29(43(68)69)21-30(58)55-33(22(4)5)40(65)53-27(15-12-13-19-45)37(62)56-34(24(7)10-2)41(66)51-26(36(47)61)17-18-31(59)60/h22-29,32-35H,9-21,45-46H2,1-8H3,(H2,47,61)(H,51,66)(H,52,64)(H,53,65)(H,54,67)(H,55,58)(H,56,62)(H,57,63)(H,59,60)(H,68,69)(H4,48,49,50)/t23-,24-,25-,26-,27-,28-,29+,32-,33-,34-,35-/m0/s1. The van der Waals surface area contributed by atoms with Gasteiger partial charge in [-0.05, 0) is 68.7 Å². The average Bonchev–Trinajstić information content (AvgIpc) is 3.28. The number of aliphatic imine (C=N–C) groups is 1. The van der Waals surface area contributed by atoms with Crippen molar-refractivity contribution in [3.05, 3.63) is 0 Å². The smallest absolute Gasteiger partial charge is 0.326 e. The van der Waals surface area contributed by atoms with Crippen LogP contribution in [0.2, 0.25) is 0 Å². The Morgan fingerprint density at radius 3 is 1.39 bits per heavy atom. The van der Waals surface area contributed by atoms with Crippen LogP contribution in [0.3, 0.4) is 0 Å². The maximum absolute atomic E-state index is 13.9. The zero-order valence-electron chi connectivity index (χ0n) is 41.4. The van der Waals surface area contributed by atoms with E-state index in [0.29, 0.717) is 32.1 Å². The lowest BCUT2D eigenvalue weighted by Gasteiger charge is -2.29. The van der Waals surface area contributed by atoms with Crippen molar-refractivity contribution in [2.75, 3.05) is 13.1 Å². The third-order valence-electron chi connectivity index (χ3n) is 11.9. The molecule has 394 valence electrons. The lowest BCUT2D eigenvalue weighted by Crippen LogP contribution is -2.60. The number of unbranched alkanes of at least 4 members (excludes halogenated alkanes) is 1. The summed E-state index contributed by atoms with van der Waals surface area (Å²) in [6.07, 6.45) is 0.823. The molecular formula is C44H81N13O12. The Morgan fingerprint density at radius 1 is 0.522 bits per heavy atom. The number of carboxylic acid groups (broad SMARTS) is 2. The highest BCUT2D eigenvalue weighted by Crippen LogP contribution is 2.14. The van der Waals surface area contributed by atoms with E-state index in [-0.39, 0.29) is 50.7 Å². The van der Waals surface area contributed by atoms with Gasteiger partial charge in [0.05, 0.1) is 12.5 Å². The lowest BCUT2D eigenvalue weighted by atomic mass is 9.96. The monoisotopic (exact) mass is 984 g/mol. The maximum atomic E-state index is 13.9. The molecule has 0 aliphatic heterocycles. The SMILES string of the molecule is CC[C@H](C)[C@H](N)C(=O)N[C@@H](CCCN=C(N)N)C(=O)N[C@H](C(=O)N[C@H](CC(=O)N[C@H](C(=O)N[C@@H](CCCCN)C(=O)N[C@H](C(=O)N[C@@H](CCC(=O)O)C(N)=O)[C@@H](C)CC)C(C)C)C(=O)O)[C@@H](C)CC. The molecule has 0 heterocycles. The summed E-state index contributed by atoms with van der Waals surface area (Å²) in [6.45, 7) is 14.0. The van der Waals surface area contributed by atoms with Crippen LogP contribution >= 0.6 is 0 Å². The fraction of sp³-hybridized carbons (Fsp3) is 0.750. The zero-order valence-corrected chi connectivity index (χ0v) is 41.4. The Balaban J connectivity index is 6.37. The van der Waals surface area contributed by atoms with Crippen LogP contribution in [0.25, 0.3) is 0 Å². The van der Waals surface area contributed by atoms with Gasteiger partial charge in [0.15, 0.2) is 5.96 Å². The second-order valence-electron chi connectivity index (χ2n) is 17.8. The minimum atomic E-state index is -1.85. The predicted octanol–water partition coefficient (Wildman–Crippen LogP) is -2.49. The number of amides is 8. The summed E-state index contributed by atoms with van der Waals surface area (Å²) in [4.78, 5) is 135. The lowest BCUT2D eigenvalue weighted by molar-refractivity contribution is -0.144. The van der Waals surface area contributed by atoms with Crippen LogP contribution < -0.4 is 65.9 Å². The number of primary amides is 1. The van der Waals surface area contributed by atoms with E-state index in [2.05, 4.69) is 42.2 Å². The van der Waals surface area contributed by atoms with Gasteiger partial charge in [0.1, 0.15) is 42.3 Å². The maximum Gasteiger partial charge on any atom is 0.326 e. The molecule has 0 aromatic rings. The van der Waals surface area contributed by atoms with Crippen molar-refractivity contribution in [2.45, 2.75) is 174 Å². The number of nitrogens with two attached hydrogens (primary N) is 5. The third kappa shape index (κ3) is 23.6. The molecule has 0 rings (SSSR count). The van der Waals surface area contributed by atoms with Crippen molar-refractivity contribution in [3.8, 4) is 0 Å². The van der Waals surface area contributed by atoms with Crippen molar-refractivity contribution in [1.82, 2.24) is 37.2 Å². The van der Waals surface area contributed by atoms with Gasteiger partial charge in [-0.2, -0.15) is 0 Å². The van der Waals surface area contributed by atoms with Crippen LogP contribution in [0.4, 0.5) is 0 Å². The van der Waals surface area contributed by atoms with Gasteiger partial charge in [0.2, 0.25) is 47.3 Å². The van der Waals surface area contributed by atoms with E-state index < -0.39 is 138 Å². The second kappa shape index (κ2) is 32.6. The van der Waals surface area contributed by atoms with Gasteiger partial charge in [0, 0.05) is 13.0 Å². The molecule has 0 aromatic carbocycles. The van der Waals surface area contributed by atoms with Crippen molar-refractivity contribution in [1.29, 1.82) is 0 Å². The third-order valence-corrected chi connectivity index (χ3v) is 11.9. The number of rotatable bonds is 35. The van der Waals surface area contributed by atoms with Crippen molar-refractivity contribution >= 4 is 65.2 Å². The number of carbonyl (C=O) groups is 10. The Hall–Kier alpha value is -6.11. The Labute approximate surface area is 404 Å². The molecule has 0 saturated carbocycles. The van der Waals surface area contributed by atoms with Gasteiger partial charge < -0.3 is 76.1 Å². The normalized spacial score (nSPS) is 15.9. The first-order chi connectivity index (χ1) is 32.3. The van der Waals surface area contributed by atoms with Crippen LogP contribution in [0.15, 0.2) is 4.99 Å². The summed E-state index contributed by atoms with van der Waals surface area (Å²) < 4.78 is 0. The molecule has 0 fully saturated rings. The minimum absolute atomic E-state index is 0.0442. The molecule has 0 aromatic heterocycles. The Kier molecular flexibility index (Phi) is 29.7. The summed E-state index contributed by atoms with van der Waals surface area (Å²) >= 11 is 0. The first-order valence-electron chi connectivity index (χ1n) is 23.6. The van der Waals surface area contributed by atoms with Crippen molar-refractivity contribution in [3.63, 3.8) is 0 Å². The average molecular weight is 984 g/mol. The molecule has 0 bridgehead atoms. The van der Waals surface area contributed by atoms with E-state index in [1.807, 2.05) is 6.92 Å². The van der Waals surface area contributed by atoms with E-state index in [0.717, 1.165) is 0 Å². The van der Waals surface area contributed by atoms with Crippen LogP contribution in [0.5, 0.6) is 0 Å². The van der Waals surface area contributed by atoms with Crippen LogP contribution in [0.1, 0.15) is 126 Å². The minimum Gasteiger partial charge on any atom is -0.481 e. The first-order valence-corrected chi connectivity index (χ1v) is 23.6. The van der Waals surface area contributed by atoms with E-state index in [9.17, 15) is 53.1 Å². The largest absolute Gasteiger partial charge is 0.481 e. The molecule has 0 aliphatic rings. The summed E-state index contributed by atoms with van der Waals surface area (Å²) in [5.74, 6) is -11.6. The highest BCUT2D eigenvalue weighted by atomic mass is 16.4. The van der Waals surface area contributed by atoms with Gasteiger partial charge in [-0.3, -0.25) is 48.1 Å². The number of nitrogens with zero attached hydrogens (tertiary/aromatic N) is 1. The van der Waals surface area contributed by atoms with Gasteiger partial charge in [0.25, 0.3) is 0 Å². The number of carboxylic acids is 2. The fourth-order valence-corrected chi connectivity index (χ4v) is 6.72. The van der Waals surface area contributed by atoms with Gasteiger partial charge in [-0.1, -0.05) is 74.7 Å². The topological polar surface area (TPSA) is 438 Å². The quantitative estimate of drug-likeness (QED) is 0.0177. The molecular weight excluding hydrogens is 903 g/mol. The van der Waals surface area contributed by atoms with Gasteiger partial charge in [-0.25, -0.2) is 4.79 Å². The molecule has 25 heteroatoms. The molecule has 8 amide bonds. The molecule has 11 atom stereocenters. The Morgan fingerprint density at radius 2 is 0.971 bits per heavy atom. The van der Waals surface area contributed by atoms with E-state index in [1.165, 1.54) is 0 Å². The van der Waals surface area contributed by atoms with E-state index in [4.69, 9.17) is 33.8 Å². The van der Waals surface area contributed by atoms with Crippen LogP contribution in [-0.2, 0) is 47.9 Å². The number of guanidine groups is 1. The van der Waals surface area contributed by atoms with Gasteiger partial charge >= 0.3 is 11.9 Å². The number of hydrogen-bond acceptors (Lipinski definition) is 13. The fourth-order valence-electron chi connectivity index (χ4n) is 6.72. The second-order valence-corrected chi connectivity index (χ2v) is 17.8. The molecule has 0 unspecified atom stereocenters. The predicted molar refractivity (Wildman–Crippen MR) is 256 cm³/mol. The molecule has 19 N–H and O–H groups in total. The summed E-state index contributed by atoms with van der Waals surface area (Å²) in [5.41, 5.74) is 28.0. The van der Waals surface area contributed by atoms with Crippen LogP contribution in [0, 0.1) is 23.7 Å². The molecule has 69 heavy (non-hydrogen) atoms. The molecule has 0 saturated heterocycles. The summed E-state index contributed by atoms with van der Waals surface area (Å²) in [7, 11) is 0. The molecule has 0 spiro atoms. The van der Waals surface area contributed by atoms with E-state index >= 15 is 0 Å². The number of carbonyl (C=O) groups excluding carboxylic acids is 8. The van der Waals surface area contributed by atoms with Crippen molar-refractivity contribution < 1.29 is 58.2 Å². The highest BCUT2D eigenvalue weighted by molar-refractivity contribution is 5.97. The van der Waals surface area contributed by atoms with Crippen molar-refractivity contribution in [2.24, 2.45) is 57.3 Å². The highest BCUT2D eigenvalue weighted by Gasteiger charge is 2.37. The molecule has 0 aliphatic carbocycles. The van der Waals surface area contributed by atoms with Crippen LogP contribution in [-0.4, -0.2) is 137 Å². The summed E-state index contributed by atoms with van der Waals surface area (Å²) in [6, 6.07) is -10.5. The number of nitrogens with one attached hydrogen (secondary N) is 7. The molecule has 25 nitrogen and oxygen atoms in total. The number of hydrogen-bond donors (Lipinski definition) is 14. The Bertz CT molecular complexity index is 1760.